The van der Waals surface area contributed by atoms with Gasteiger partial charge in [0.15, 0.2) is 14.6 Å². The lowest BCUT2D eigenvalue weighted by molar-refractivity contribution is -0.133. The van der Waals surface area contributed by atoms with Crippen molar-refractivity contribution in [3.63, 3.8) is 0 Å². The molecule has 0 N–H and O–H groups in total. The maximum absolute atomic E-state index is 13.7. The number of benzene rings is 1. The zero-order valence-corrected chi connectivity index (χ0v) is 16.9. The highest BCUT2D eigenvalue weighted by molar-refractivity contribution is 7.93. The smallest absolute Gasteiger partial charge is 0.244 e. The van der Waals surface area contributed by atoms with Crippen LogP contribution < -0.4 is 0 Å². The Hall–Kier alpha value is -2.21. The van der Waals surface area contributed by atoms with Gasteiger partial charge in [0.25, 0.3) is 0 Å². The summed E-state index contributed by atoms with van der Waals surface area (Å²) in [6, 6.07) is 9.10. The van der Waals surface area contributed by atoms with Crippen LogP contribution in [0.5, 0.6) is 0 Å². The minimum Gasteiger partial charge on any atom is -0.340 e. The van der Waals surface area contributed by atoms with E-state index in [2.05, 4.69) is 4.98 Å². The van der Waals surface area contributed by atoms with Crippen LogP contribution in [0, 0.1) is 13.8 Å². The second-order valence-electron chi connectivity index (χ2n) is 7.50. The second kappa shape index (κ2) is 7.43. The molecule has 1 aliphatic rings. The largest absolute Gasteiger partial charge is 0.340 e. The zero-order valence-electron chi connectivity index (χ0n) is 16.1. The number of amides is 1. The van der Waals surface area contributed by atoms with Gasteiger partial charge >= 0.3 is 0 Å². The number of carbonyl (C=O) groups excluding carboxylic acids is 1. The highest BCUT2D eigenvalue weighted by Gasteiger charge is 2.54. The molecule has 0 unspecified atom stereocenters. The third-order valence-corrected chi connectivity index (χ3v) is 8.07. The average Bonchev–Trinajstić information content (AvgIpc) is 3.15. The first-order valence-electron chi connectivity index (χ1n) is 9.24. The van der Waals surface area contributed by atoms with Crippen molar-refractivity contribution < 1.29 is 13.2 Å². The van der Waals surface area contributed by atoms with E-state index in [0.717, 1.165) is 24.0 Å². The summed E-state index contributed by atoms with van der Waals surface area (Å²) in [6.45, 7) is 4.01. The number of hydrogen-bond donors (Lipinski definition) is 0. The summed E-state index contributed by atoms with van der Waals surface area (Å²) >= 11 is 0. The van der Waals surface area contributed by atoms with E-state index in [4.69, 9.17) is 0 Å². The SMILES string of the molecule is Cc1ccc(C)c(S(=O)(=O)C2(C(=O)N(C)Cc3cccnc3)CCCC2)c1. The van der Waals surface area contributed by atoms with Crippen LogP contribution >= 0.6 is 0 Å². The number of nitrogens with zero attached hydrogens (tertiary/aromatic N) is 2. The Morgan fingerprint density at radius 1 is 1.19 bits per heavy atom. The first-order chi connectivity index (χ1) is 12.8. The van der Waals surface area contributed by atoms with E-state index >= 15 is 0 Å². The van der Waals surface area contributed by atoms with Crippen LogP contribution in [0.15, 0.2) is 47.6 Å². The van der Waals surface area contributed by atoms with Crippen LogP contribution in [0.4, 0.5) is 0 Å². The molecule has 1 fully saturated rings. The monoisotopic (exact) mass is 386 g/mol. The van der Waals surface area contributed by atoms with E-state index in [1.165, 1.54) is 4.90 Å². The summed E-state index contributed by atoms with van der Waals surface area (Å²) in [4.78, 5) is 19.3. The number of sulfone groups is 1. The van der Waals surface area contributed by atoms with E-state index in [-0.39, 0.29) is 10.8 Å². The van der Waals surface area contributed by atoms with Crippen LogP contribution in [0.25, 0.3) is 0 Å². The van der Waals surface area contributed by atoms with Crippen molar-refractivity contribution in [2.45, 2.75) is 55.7 Å². The van der Waals surface area contributed by atoms with Gasteiger partial charge in [0.05, 0.1) is 4.90 Å². The van der Waals surface area contributed by atoms with Crippen LogP contribution in [0.2, 0.25) is 0 Å². The topological polar surface area (TPSA) is 67.3 Å². The molecule has 27 heavy (non-hydrogen) atoms. The van der Waals surface area contributed by atoms with Crippen molar-refractivity contribution in [3.8, 4) is 0 Å². The molecule has 5 nitrogen and oxygen atoms in total. The van der Waals surface area contributed by atoms with Gasteiger partial charge in [-0.15, -0.1) is 0 Å². The molecule has 0 radical (unpaired) electrons. The van der Waals surface area contributed by atoms with E-state index in [9.17, 15) is 13.2 Å². The number of aryl methyl sites for hydroxylation is 2. The van der Waals surface area contributed by atoms with Gasteiger partial charge in [-0.25, -0.2) is 8.42 Å². The van der Waals surface area contributed by atoms with E-state index in [1.54, 1.807) is 32.4 Å². The maximum Gasteiger partial charge on any atom is 0.244 e. The Morgan fingerprint density at radius 2 is 1.89 bits per heavy atom. The lowest BCUT2D eigenvalue weighted by Gasteiger charge is -2.32. The first kappa shape index (κ1) is 19.5. The molecule has 0 spiro atoms. The molecule has 1 aromatic carbocycles. The number of carbonyl (C=O) groups is 1. The second-order valence-corrected chi connectivity index (χ2v) is 9.72. The Morgan fingerprint density at radius 3 is 2.52 bits per heavy atom. The summed E-state index contributed by atoms with van der Waals surface area (Å²) in [6.07, 6.45) is 5.62. The molecule has 1 aliphatic carbocycles. The Kier molecular flexibility index (Phi) is 5.38. The van der Waals surface area contributed by atoms with Crippen molar-refractivity contribution in [1.82, 2.24) is 9.88 Å². The van der Waals surface area contributed by atoms with Gasteiger partial charge in [0.1, 0.15) is 0 Å². The van der Waals surface area contributed by atoms with Gasteiger partial charge in [-0.05, 0) is 55.5 Å². The number of hydrogen-bond acceptors (Lipinski definition) is 4. The van der Waals surface area contributed by atoms with Crippen molar-refractivity contribution >= 4 is 15.7 Å². The van der Waals surface area contributed by atoms with Gasteiger partial charge in [-0.1, -0.05) is 31.0 Å². The predicted octanol–water partition coefficient (Wildman–Crippen LogP) is 3.44. The number of pyridine rings is 1. The zero-order chi connectivity index (χ0) is 19.7. The predicted molar refractivity (Wildman–Crippen MR) is 105 cm³/mol. The normalized spacial score (nSPS) is 16.3. The molecule has 1 amide bonds. The minimum atomic E-state index is -3.80. The van der Waals surface area contributed by atoms with Crippen LogP contribution in [0.3, 0.4) is 0 Å². The maximum atomic E-state index is 13.7. The third kappa shape index (κ3) is 3.50. The fourth-order valence-corrected chi connectivity index (χ4v) is 6.40. The number of rotatable bonds is 5. The van der Waals surface area contributed by atoms with Gasteiger partial charge in [0, 0.05) is 26.0 Å². The number of aromatic nitrogens is 1. The molecule has 6 heteroatoms. The molecule has 144 valence electrons. The summed E-state index contributed by atoms with van der Waals surface area (Å²) in [5.41, 5.74) is 2.45. The molecule has 0 saturated heterocycles. The van der Waals surface area contributed by atoms with Gasteiger partial charge < -0.3 is 4.90 Å². The highest BCUT2D eigenvalue weighted by Crippen LogP contribution is 2.43. The van der Waals surface area contributed by atoms with Crippen LogP contribution in [-0.4, -0.2) is 36.0 Å². The Bertz CT molecular complexity index is 933. The molecule has 0 atom stereocenters. The molecule has 0 bridgehead atoms. The van der Waals surface area contributed by atoms with Crippen LogP contribution in [-0.2, 0) is 21.2 Å². The van der Waals surface area contributed by atoms with Crippen molar-refractivity contribution in [2.75, 3.05) is 7.05 Å². The molecule has 0 aliphatic heterocycles. The summed E-state index contributed by atoms with van der Waals surface area (Å²) in [5.74, 6) is -0.315. The lowest BCUT2D eigenvalue weighted by atomic mass is 10.1. The summed E-state index contributed by atoms with van der Waals surface area (Å²) in [5, 5.41) is 0. The molecular weight excluding hydrogens is 360 g/mol. The highest BCUT2D eigenvalue weighted by atomic mass is 32.2. The molecule has 1 saturated carbocycles. The van der Waals surface area contributed by atoms with Gasteiger partial charge in [0.2, 0.25) is 5.91 Å². The lowest BCUT2D eigenvalue weighted by Crippen LogP contribution is -2.51. The molecule has 2 aromatic rings. The fraction of sp³-hybridized carbons (Fsp3) is 0.429. The molecule has 1 heterocycles. The van der Waals surface area contributed by atoms with Crippen LogP contribution in [0.1, 0.15) is 42.4 Å². The summed E-state index contributed by atoms with van der Waals surface area (Å²) in [7, 11) is -2.12. The molecule has 1 aromatic heterocycles. The first-order valence-corrected chi connectivity index (χ1v) is 10.7. The van der Waals surface area contributed by atoms with Crippen molar-refractivity contribution in [2.24, 2.45) is 0 Å². The summed E-state index contributed by atoms with van der Waals surface area (Å²) < 4.78 is 26.0. The third-order valence-electron chi connectivity index (χ3n) is 5.44. The van der Waals surface area contributed by atoms with Gasteiger partial charge in [-0.3, -0.25) is 9.78 Å². The molecule has 3 rings (SSSR count). The van der Waals surface area contributed by atoms with E-state index < -0.39 is 14.6 Å². The van der Waals surface area contributed by atoms with Gasteiger partial charge in [-0.2, -0.15) is 0 Å². The molecular formula is C21H26N2O3S. The van der Waals surface area contributed by atoms with Crippen molar-refractivity contribution in [1.29, 1.82) is 0 Å². The Balaban J connectivity index is 2.00. The van der Waals surface area contributed by atoms with E-state index in [1.807, 2.05) is 31.2 Å². The minimum absolute atomic E-state index is 0.285. The Labute approximate surface area is 161 Å². The average molecular weight is 387 g/mol. The standard InChI is InChI=1S/C21H26N2O3S/c1-16-8-9-17(2)19(13-16)27(25,26)21(10-4-5-11-21)20(24)23(3)15-18-7-6-12-22-14-18/h6-9,12-14H,4-5,10-11,15H2,1-3H3. The van der Waals surface area contributed by atoms with E-state index in [0.29, 0.717) is 24.9 Å². The van der Waals surface area contributed by atoms with Crippen molar-refractivity contribution in [3.05, 3.63) is 59.4 Å². The quantitative estimate of drug-likeness (QED) is 0.789. The fourth-order valence-electron chi connectivity index (χ4n) is 3.94.